The molecule has 21 heavy (non-hydrogen) atoms. The first kappa shape index (κ1) is 16.6. The van der Waals surface area contributed by atoms with Gasteiger partial charge in [-0.25, -0.2) is 18.1 Å². The van der Waals surface area contributed by atoms with Crippen molar-refractivity contribution in [2.24, 2.45) is 5.92 Å². The summed E-state index contributed by atoms with van der Waals surface area (Å²) in [5, 5.41) is 3.07. The second-order valence-electron chi connectivity index (χ2n) is 5.18. The van der Waals surface area contributed by atoms with E-state index in [0.29, 0.717) is 24.8 Å². The Hall–Kier alpha value is -0.790. The Morgan fingerprint density at radius 2 is 2.14 bits per heavy atom. The zero-order valence-electron chi connectivity index (χ0n) is 12.3. The molecule has 1 fully saturated rings. The molecule has 1 aromatic rings. The van der Waals surface area contributed by atoms with Crippen molar-refractivity contribution in [1.82, 2.24) is 9.71 Å². The predicted molar refractivity (Wildman–Crippen MR) is 88.3 cm³/mol. The van der Waals surface area contributed by atoms with E-state index < -0.39 is 10.0 Å². The van der Waals surface area contributed by atoms with Crippen LogP contribution < -0.4 is 10.0 Å². The van der Waals surface area contributed by atoms with E-state index in [4.69, 9.17) is 0 Å². The van der Waals surface area contributed by atoms with Gasteiger partial charge >= 0.3 is 0 Å². The molecule has 0 unspecified atom stereocenters. The molecule has 0 aliphatic carbocycles. The molecule has 1 aliphatic heterocycles. The molecular formula is C14H23N3O2S2. The smallest absolute Gasteiger partial charge is 0.244 e. The van der Waals surface area contributed by atoms with Gasteiger partial charge < -0.3 is 5.32 Å². The number of nitrogens with zero attached hydrogens (tertiary/aromatic N) is 1. The molecular weight excluding hydrogens is 306 g/mol. The number of sulfonamides is 1. The first-order valence-corrected chi connectivity index (χ1v) is 10.0. The van der Waals surface area contributed by atoms with E-state index >= 15 is 0 Å². The van der Waals surface area contributed by atoms with E-state index in [-0.39, 0.29) is 4.90 Å². The highest BCUT2D eigenvalue weighted by Gasteiger charge is 2.21. The fourth-order valence-corrected chi connectivity index (χ4v) is 4.69. The molecule has 0 radical (unpaired) electrons. The molecule has 0 bridgehead atoms. The fraction of sp³-hybridized carbons (Fsp3) is 0.643. The molecule has 2 rings (SSSR count). The number of nitrogens with one attached hydrogen (secondary N) is 2. The summed E-state index contributed by atoms with van der Waals surface area (Å²) in [5.41, 5.74) is 0. The van der Waals surface area contributed by atoms with E-state index in [1.807, 2.05) is 18.7 Å². The van der Waals surface area contributed by atoms with E-state index in [2.05, 4.69) is 15.0 Å². The maximum atomic E-state index is 12.5. The maximum absolute atomic E-state index is 12.5. The second-order valence-corrected chi connectivity index (χ2v) is 8.14. The van der Waals surface area contributed by atoms with Gasteiger partial charge in [-0.15, -0.1) is 0 Å². The number of hydrogen-bond acceptors (Lipinski definition) is 5. The van der Waals surface area contributed by atoms with Crippen molar-refractivity contribution in [1.29, 1.82) is 0 Å². The Morgan fingerprint density at radius 1 is 1.38 bits per heavy atom. The van der Waals surface area contributed by atoms with Gasteiger partial charge in [0.2, 0.25) is 10.0 Å². The molecule has 0 spiro atoms. The lowest BCUT2D eigenvalue weighted by molar-refractivity contribution is 0.476. The summed E-state index contributed by atoms with van der Waals surface area (Å²) in [6, 6.07) is 3.26. The summed E-state index contributed by atoms with van der Waals surface area (Å²) in [6.45, 7) is 3.26. The van der Waals surface area contributed by atoms with Gasteiger partial charge in [-0.1, -0.05) is 6.92 Å². The van der Waals surface area contributed by atoms with Crippen LogP contribution in [0, 0.1) is 5.92 Å². The highest BCUT2D eigenvalue weighted by molar-refractivity contribution is 7.99. The van der Waals surface area contributed by atoms with E-state index in [0.717, 1.165) is 30.8 Å². The lowest BCUT2D eigenvalue weighted by atomic mass is 10.0. The monoisotopic (exact) mass is 329 g/mol. The summed E-state index contributed by atoms with van der Waals surface area (Å²) in [7, 11) is -3.50. The molecule has 2 N–H and O–H groups in total. The summed E-state index contributed by atoms with van der Waals surface area (Å²) >= 11 is 1.94. The van der Waals surface area contributed by atoms with Gasteiger partial charge in [0.15, 0.2) is 0 Å². The van der Waals surface area contributed by atoms with E-state index in [9.17, 15) is 8.42 Å². The second kappa shape index (κ2) is 8.00. The largest absolute Gasteiger partial charge is 0.369 e. The minimum Gasteiger partial charge on any atom is -0.369 e. The average molecular weight is 329 g/mol. The van der Waals surface area contributed by atoms with Gasteiger partial charge in [0, 0.05) is 19.3 Å². The van der Waals surface area contributed by atoms with Crippen molar-refractivity contribution in [3.8, 4) is 0 Å². The minimum atomic E-state index is -3.50. The van der Waals surface area contributed by atoms with Crippen molar-refractivity contribution in [3.05, 3.63) is 18.3 Å². The SMILES string of the molecule is CCCNc1ncccc1S(=O)(=O)NCC1CCSCC1. The Balaban J connectivity index is 2.04. The minimum absolute atomic E-state index is 0.239. The molecule has 0 saturated carbocycles. The highest BCUT2D eigenvalue weighted by Crippen LogP contribution is 2.23. The Morgan fingerprint density at radius 3 is 2.86 bits per heavy atom. The van der Waals surface area contributed by atoms with Gasteiger partial charge in [-0.05, 0) is 48.8 Å². The topological polar surface area (TPSA) is 71.1 Å². The van der Waals surface area contributed by atoms with Crippen molar-refractivity contribution >= 4 is 27.6 Å². The molecule has 0 aromatic carbocycles. The Labute approximate surface area is 131 Å². The molecule has 0 atom stereocenters. The first-order chi connectivity index (χ1) is 10.1. The molecule has 7 heteroatoms. The van der Waals surface area contributed by atoms with Crippen LogP contribution in [0.2, 0.25) is 0 Å². The molecule has 2 heterocycles. The first-order valence-electron chi connectivity index (χ1n) is 7.40. The van der Waals surface area contributed by atoms with E-state index in [1.54, 1.807) is 18.3 Å². The van der Waals surface area contributed by atoms with Crippen molar-refractivity contribution in [2.75, 3.05) is 29.9 Å². The molecule has 1 aromatic heterocycles. The Kier molecular flexibility index (Phi) is 6.32. The zero-order chi connectivity index (χ0) is 15.1. The fourth-order valence-electron chi connectivity index (χ4n) is 2.24. The molecule has 0 amide bonds. The van der Waals surface area contributed by atoms with Crippen LogP contribution >= 0.6 is 11.8 Å². The number of aromatic nitrogens is 1. The number of rotatable bonds is 7. The van der Waals surface area contributed by atoms with Crippen LogP contribution in [0.3, 0.4) is 0 Å². The third kappa shape index (κ3) is 4.86. The summed E-state index contributed by atoms with van der Waals surface area (Å²) in [6.07, 6.45) is 4.70. The quantitative estimate of drug-likeness (QED) is 0.803. The van der Waals surface area contributed by atoms with Crippen molar-refractivity contribution in [2.45, 2.75) is 31.1 Å². The van der Waals surface area contributed by atoms with Crippen molar-refractivity contribution < 1.29 is 8.42 Å². The van der Waals surface area contributed by atoms with Crippen LogP contribution in [0.1, 0.15) is 26.2 Å². The lowest BCUT2D eigenvalue weighted by Crippen LogP contribution is -2.31. The van der Waals surface area contributed by atoms with Crippen LogP contribution in [0.5, 0.6) is 0 Å². The highest BCUT2D eigenvalue weighted by atomic mass is 32.2. The summed E-state index contributed by atoms with van der Waals surface area (Å²) in [5.74, 6) is 3.14. The van der Waals surface area contributed by atoms with Gasteiger partial charge in [0.25, 0.3) is 0 Å². The standard InChI is InChI=1S/C14H23N3O2S2/c1-2-7-15-14-13(4-3-8-16-14)21(18,19)17-11-12-5-9-20-10-6-12/h3-4,8,12,17H,2,5-7,9-11H2,1H3,(H,15,16). The summed E-state index contributed by atoms with van der Waals surface area (Å²) < 4.78 is 27.7. The maximum Gasteiger partial charge on any atom is 0.244 e. The molecule has 1 saturated heterocycles. The van der Waals surface area contributed by atoms with Crippen LogP contribution in [-0.4, -0.2) is 38.0 Å². The number of hydrogen-bond donors (Lipinski definition) is 2. The third-order valence-electron chi connectivity index (χ3n) is 3.51. The number of thioether (sulfide) groups is 1. The van der Waals surface area contributed by atoms with E-state index in [1.165, 1.54) is 0 Å². The van der Waals surface area contributed by atoms with Gasteiger partial charge in [-0.3, -0.25) is 0 Å². The average Bonchev–Trinajstić information content (AvgIpc) is 2.52. The van der Waals surface area contributed by atoms with Crippen LogP contribution in [0.15, 0.2) is 23.2 Å². The Bertz CT molecular complexity index is 543. The van der Waals surface area contributed by atoms with Gasteiger partial charge in [-0.2, -0.15) is 11.8 Å². The van der Waals surface area contributed by atoms with Crippen molar-refractivity contribution in [3.63, 3.8) is 0 Å². The van der Waals surface area contributed by atoms with Gasteiger partial charge in [0.05, 0.1) is 0 Å². The third-order valence-corrected chi connectivity index (χ3v) is 6.01. The van der Waals surface area contributed by atoms with Gasteiger partial charge in [0.1, 0.15) is 10.7 Å². The number of anilines is 1. The molecule has 5 nitrogen and oxygen atoms in total. The molecule has 118 valence electrons. The predicted octanol–water partition coefficient (Wildman–Crippen LogP) is 2.33. The van der Waals surface area contributed by atoms with Crippen LogP contribution in [-0.2, 0) is 10.0 Å². The zero-order valence-corrected chi connectivity index (χ0v) is 14.0. The molecule has 1 aliphatic rings. The summed E-state index contributed by atoms with van der Waals surface area (Å²) in [4.78, 5) is 4.38. The van der Waals surface area contributed by atoms with Crippen LogP contribution in [0.25, 0.3) is 0 Å². The number of pyridine rings is 1. The lowest BCUT2D eigenvalue weighted by Gasteiger charge is -2.21. The normalized spacial score (nSPS) is 16.8. The van der Waals surface area contributed by atoms with Crippen LogP contribution in [0.4, 0.5) is 5.82 Å².